The monoisotopic (exact) mass is 593 g/mol. The van der Waals surface area contributed by atoms with Crippen molar-refractivity contribution < 1.29 is 26.3 Å². The second-order valence-corrected chi connectivity index (χ2v) is 11.1. The van der Waals surface area contributed by atoms with E-state index in [9.17, 15) is 26.3 Å². The van der Waals surface area contributed by atoms with Gasteiger partial charge in [0.15, 0.2) is 5.65 Å². The fourth-order valence-corrected chi connectivity index (χ4v) is 5.25. The standard InChI is InChI=1S/C27H29F6N9/c1-15-34-22-10-17(23(35-24(22)39(15)2)14-42(20-4-5-20)21-6-7-21)13-41(25-36-38-40(3)37-25)12-16-8-18(26(28,29)30)11-19(9-16)27(31,32)33/h8-11,20-21H,4-7,12-14H2,1-3H3. The third-order valence-electron chi connectivity index (χ3n) is 7.76. The number of halogens is 6. The quantitative estimate of drug-likeness (QED) is 0.248. The van der Waals surface area contributed by atoms with Gasteiger partial charge in [-0.15, -0.1) is 5.10 Å². The Kier molecular flexibility index (Phi) is 6.90. The molecule has 0 amide bonds. The van der Waals surface area contributed by atoms with Gasteiger partial charge in [-0.2, -0.15) is 31.1 Å². The SMILES string of the molecule is Cc1nc2cc(CN(Cc3cc(C(F)(F)F)cc(C(F)(F)F)c3)c3nnn(C)n3)c(CN(C3CC3)C3CC3)nc2n1C. The molecule has 0 unspecified atom stereocenters. The van der Waals surface area contributed by atoms with Crippen molar-refractivity contribution in [1.82, 2.24) is 39.6 Å². The Balaban J connectivity index is 1.41. The molecule has 0 radical (unpaired) electrons. The first-order chi connectivity index (χ1) is 19.8. The van der Waals surface area contributed by atoms with Crippen LogP contribution in [0.2, 0.25) is 0 Å². The van der Waals surface area contributed by atoms with Crippen molar-refractivity contribution in [2.45, 2.75) is 76.7 Å². The molecular weight excluding hydrogens is 564 g/mol. The van der Waals surface area contributed by atoms with Gasteiger partial charge < -0.3 is 9.47 Å². The molecular formula is C27H29F6N9. The number of aryl methyl sites for hydroxylation is 3. The average Bonchev–Trinajstić information content (AvgIpc) is 3.84. The van der Waals surface area contributed by atoms with E-state index in [4.69, 9.17) is 4.98 Å². The minimum Gasteiger partial charge on any atom is -0.329 e. The predicted octanol–water partition coefficient (Wildman–Crippen LogP) is 5.17. The molecule has 42 heavy (non-hydrogen) atoms. The normalized spacial score (nSPS) is 16.1. The van der Waals surface area contributed by atoms with E-state index in [1.807, 2.05) is 24.6 Å². The number of benzene rings is 1. The molecule has 0 spiro atoms. The number of pyridine rings is 1. The number of aromatic nitrogens is 7. The molecule has 2 aliphatic carbocycles. The maximum absolute atomic E-state index is 13.6. The van der Waals surface area contributed by atoms with E-state index in [0.29, 0.717) is 29.8 Å². The molecule has 224 valence electrons. The molecule has 0 saturated heterocycles. The lowest BCUT2D eigenvalue weighted by atomic mass is 10.0. The molecule has 0 aliphatic heterocycles. The molecule has 1 aromatic carbocycles. The summed E-state index contributed by atoms with van der Waals surface area (Å²) in [5.41, 5.74) is -0.0846. The number of hydrogen-bond acceptors (Lipinski definition) is 7. The lowest BCUT2D eigenvalue weighted by Crippen LogP contribution is -2.30. The summed E-state index contributed by atoms with van der Waals surface area (Å²) < 4.78 is 83.5. The number of hydrogen-bond donors (Lipinski definition) is 0. The van der Waals surface area contributed by atoms with Crippen LogP contribution in [0.4, 0.5) is 32.3 Å². The van der Waals surface area contributed by atoms with Gasteiger partial charge in [0.25, 0.3) is 5.95 Å². The molecule has 3 aromatic heterocycles. The van der Waals surface area contributed by atoms with Crippen molar-refractivity contribution in [2.24, 2.45) is 14.1 Å². The van der Waals surface area contributed by atoms with Gasteiger partial charge in [-0.3, -0.25) is 4.90 Å². The van der Waals surface area contributed by atoms with Crippen LogP contribution in [0.25, 0.3) is 11.2 Å². The van der Waals surface area contributed by atoms with Crippen LogP contribution < -0.4 is 4.90 Å². The van der Waals surface area contributed by atoms with Crippen LogP contribution in [-0.2, 0) is 46.1 Å². The lowest BCUT2D eigenvalue weighted by molar-refractivity contribution is -0.143. The summed E-state index contributed by atoms with van der Waals surface area (Å²) in [6.45, 7) is 2.18. The Morgan fingerprint density at radius 1 is 0.833 bits per heavy atom. The van der Waals surface area contributed by atoms with E-state index in [0.717, 1.165) is 54.9 Å². The Labute approximate surface area is 237 Å². The van der Waals surface area contributed by atoms with Crippen molar-refractivity contribution >= 4 is 17.1 Å². The summed E-state index contributed by atoms with van der Waals surface area (Å²) in [5, 5.41) is 12.1. The minimum absolute atomic E-state index is 0.0629. The number of fused-ring (bicyclic) bond motifs is 1. The van der Waals surface area contributed by atoms with Gasteiger partial charge in [-0.1, -0.05) is 5.10 Å². The maximum atomic E-state index is 13.6. The van der Waals surface area contributed by atoms with Crippen LogP contribution in [0, 0.1) is 6.92 Å². The van der Waals surface area contributed by atoms with Gasteiger partial charge in [-0.25, -0.2) is 9.97 Å². The average molecular weight is 594 g/mol. The van der Waals surface area contributed by atoms with Gasteiger partial charge in [0.05, 0.1) is 23.9 Å². The van der Waals surface area contributed by atoms with E-state index in [1.54, 1.807) is 0 Å². The number of tetrazole rings is 1. The predicted molar refractivity (Wildman–Crippen MR) is 140 cm³/mol. The van der Waals surface area contributed by atoms with Crippen LogP contribution in [0.3, 0.4) is 0 Å². The Morgan fingerprint density at radius 3 is 1.98 bits per heavy atom. The molecule has 2 fully saturated rings. The molecule has 0 N–H and O–H groups in total. The molecule has 15 heteroatoms. The zero-order valence-electron chi connectivity index (χ0n) is 23.2. The highest BCUT2D eigenvalue weighted by molar-refractivity contribution is 5.73. The first kappa shape index (κ1) is 28.4. The van der Waals surface area contributed by atoms with Gasteiger partial charge >= 0.3 is 12.4 Å². The van der Waals surface area contributed by atoms with Crippen LogP contribution in [0.1, 0.15) is 59.5 Å². The van der Waals surface area contributed by atoms with Crippen LogP contribution in [0.15, 0.2) is 24.3 Å². The van der Waals surface area contributed by atoms with E-state index in [2.05, 4.69) is 25.3 Å². The van der Waals surface area contributed by atoms with E-state index in [-0.39, 0.29) is 30.7 Å². The fourth-order valence-electron chi connectivity index (χ4n) is 5.25. The van der Waals surface area contributed by atoms with Crippen molar-refractivity contribution in [3.05, 3.63) is 58.0 Å². The number of nitrogens with zero attached hydrogens (tertiary/aromatic N) is 9. The first-order valence-electron chi connectivity index (χ1n) is 13.6. The van der Waals surface area contributed by atoms with Crippen molar-refractivity contribution in [3.63, 3.8) is 0 Å². The Hall–Kier alpha value is -3.75. The summed E-state index contributed by atoms with van der Waals surface area (Å²) in [7, 11) is 3.40. The maximum Gasteiger partial charge on any atom is 0.416 e. The molecule has 0 atom stereocenters. The first-order valence-corrected chi connectivity index (χ1v) is 13.6. The van der Waals surface area contributed by atoms with Crippen LogP contribution in [0.5, 0.6) is 0 Å². The lowest BCUT2D eigenvalue weighted by Gasteiger charge is -2.26. The minimum atomic E-state index is -4.96. The van der Waals surface area contributed by atoms with Crippen LogP contribution in [-0.4, -0.2) is 51.7 Å². The van der Waals surface area contributed by atoms with Crippen LogP contribution >= 0.6 is 0 Å². The molecule has 4 aromatic rings. The number of rotatable bonds is 9. The third kappa shape index (κ3) is 5.92. The number of imidazole rings is 1. The van der Waals surface area contributed by atoms with E-state index >= 15 is 0 Å². The summed E-state index contributed by atoms with van der Waals surface area (Å²) in [6, 6.07) is 4.44. The van der Waals surface area contributed by atoms with E-state index < -0.39 is 23.5 Å². The van der Waals surface area contributed by atoms with Gasteiger partial charge in [-0.05, 0) is 73.2 Å². The topological polar surface area (TPSA) is 80.8 Å². The molecule has 2 saturated carbocycles. The second-order valence-electron chi connectivity index (χ2n) is 11.1. The Bertz CT molecular complexity index is 1570. The van der Waals surface area contributed by atoms with Crippen molar-refractivity contribution in [2.75, 3.05) is 4.90 Å². The zero-order valence-corrected chi connectivity index (χ0v) is 23.2. The van der Waals surface area contributed by atoms with E-state index in [1.165, 1.54) is 16.7 Å². The Morgan fingerprint density at radius 2 is 1.45 bits per heavy atom. The summed E-state index contributed by atoms with van der Waals surface area (Å²) in [4.78, 5) is 14.7. The highest BCUT2D eigenvalue weighted by Gasteiger charge is 2.40. The second kappa shape index (κ2) is 10.2. The van der Waals surface area contributed by atoms with Gasteiger partial charge in [0.1, 0.15) is 11.3 Å². The number of alkyl halides is 6. The zero-order chi connectivity index (χ0) is 30.0. The van der Waals surface area contributed by atoms with Gasteiger partial charge in [0.2, 0.25) is 0 Å². The smallest absolute Gasteiger partial charge is 0.329 e. The van der Waals surface area contributed by atoms with Crippen molar-refractivity contribution in [3.8, 4) is 0 Å². The largest absolute Gasteiger partial charge is 0.416 e. The highest BCUT2D eigenvalue weighted by atomic mass is 19.4. The third-order valence-corrected chi connectivity index (χ3v) is 7.76. The van der Waals surface area contributed by atoms with Gasteiger partial charge in [0, 0.05) is 38.8 Å². The van der Waals surface area contributed by atoms with Crippen molar-refractivity contribution in [1.29, 1.82) is 0 Å². The summed E-state index contributed by atoms with van der Waals surface area (Å²) in [6.07, 6.45) is -5.45. The number of anilines is 1. The molecule has 3 heterocycles. The molecule has 0 bridgehead atoms. The molecule has 9 nitrogen and oxygen atoms in total. The summed E-state index contributed by atoms with van der Waals surface area (Å²) in [5.74, 6) is 0.825. The summed E-state index contributed by atoms with van der Waals surface area (Å²) >= 11 is 0. The molecule has 2 aliphatic rings. The fraction of sp³-hybridized carbons (Fsp3) is 0.519. The highest BCUT2D eigenvalue weighted by Crippen LogP contribution is 2.39. The molecule has 6 rings (SSSR count).